The van der Waals surface area contributed by atoms with Crippen molar-refractivity contribution in [1.29, 1.82) is 0 Å². The third-order valence-electron chi connectivity index (χ3n) is 2.40. The first kappa shape index (κ1) is 9.48. The van der Waals surface area contributed by atoms with E-state index in [9.17, 15) is 0 Å². The molecular weight excluding hydrogens is 220 g/mol. The van der Waals surface area contributed by atoms with Crippen molar-refractivity contribution in [3.63, 3.8) is 0 Å². The van der Waals surface area contributed by atoms with Crippen LogP contribution in [0.15, 0.2) is 52.5 Å². The minimum atomic E-state index is 0.565. The minimum absolute atomic E-state index is 0.565. The minimum Gasteiger partial charge on any atom is -0.459 e. The smallest absolute Gasteiger partial charge is 0.292 e. The standard InChI is InChI=1S/C13H10O2S/c1-2-6-12-10(4-1)8-14-13(12)15-9-11-5-3-7-16-11/h1-8H,9H2. The zero-order chi connectivity index (χ0) is 10.8. The summed E-state index contributed by atoms with van der Waals surface area (Å²) < 4.78 is 11.0. The van der Waals surface area contributed by atoms with Crippen LogP contribution in [0.5, 0.6) is 5.95 Å². The van der Waals surface area contributed by atoms with E-state index >= 15 is 0 Å². The summed E-state index contributed by atoms with van der Waals surface area (Å²) in [5.74, 6) is 0.601. The normalized spacial score (nSPS) is 10.8. The number of fused-ring (bicyclic) bond motifs is 1. The van der Waals surface area contributed by atoms with Crippen molar-refractivity contribution in [2.24, 2.45) is 0 Å². The van der Waals surface area contributed by atoms with E-state index in [1.165, 1.54) is 4.88 Å². The molecule has 80 valence electrons. The second-order valence-corrected chi connectivity index (χ2v) is 4.51. The van der Waals surface area contributed by atoms with Crippen molar-refractivity contribution in [3.05, 3.63) is 52.9 Å². The van der Waals surface area contributed by atoms with Crippen molar-refractivity contribution < 1.29 is 9.15 Å². The Kier molecular flexibility index (Phi) is 2.38. The fraction of sp³-hybridized carbons (Fsp3) is 0.0769. The Morgan fingerprint density at radius 2 is 2.06 bits per heavy atom. The third kappa shape index (κ3) is 1.70. The van der Waals surface area contributed by atoms with Gasteiger partial charge in [-0.25, -0.2) is 0 Å². The van der Waals surface area contributed by atoms with Crippen LogP contribution in [-0.4, -0.2) is 0 Å². The molecule has 0 aliphatic carbocycles. The maximum Gasteiger partial charge on any atom is 0.292 e. The van der Waals surface area contributed by atoms with Crippen LogP contribution >= 0.6 is 11.3 Å². The maximum atomic E-state index is 5.65. The Balaban J connectivity index is 1.84. The largest absolute Gasteiger partial charge is 0.459 e. The average Bonchev–Trinajstić information content (AvgIpc) is 2.96. The summed E-state index contributed by atoms with van der Waals surface area (Å²) in [5, 5.41) is 4.14. The molecule has 2 aromatic heterocycles. The van der Waals surface area contributed by atoms with E-state index < -0.39 is 0 Å². The molecule has 3 aromatic rings. The Morgan fingerprint density at radius 3 is 2.94 bits per heavy atom. The quantitative estimate of drug-likeness (QED) is 0.676. The summed E-state index contributed by atoms with van der Waals surface area (Å²) >= 11 is 1.68. The second kappa shape index (κ2) is 4.02. The van der Waals surface area contributed by atoms with Gasteiger partial charge in [-0.1, -0.05) is 24.3 Å². The molecule has 0 bridgehead atoms. The summed E-state index contributed by atoms with van der Waals surface area (Å²) in [6.45, 7) is 0.565. The van der Waals surface area contributed by atoms with Gasteiger partial charge in [0.2, 0.25) is 0 Å². The van der Waals surface area contributed by atoms with Crippen LogP contribution in [0.3, 0.4) is 0 Å². The molecule has 0 fully saturated rings. The van der Waals surface area contributed by atoms with E-state index in [4.69, 9.17) is 9.15 Å². The zero-order valence-electron chi connectivity index (χ0n) is 8.55. The van der Waals surface area contributed by atoms with Crippen LogP contribution in [0.1, 0.15) is 4.88 Å². The van der Waals surface area contributed by atoms with Gasteiger partial charge in [0.1, 0.15) is 12.9 Å². The predicted octanol–water partition coefficient (Wildman–Crippen LogP) is 4.07. The van der Waals surface area contributed by atoms with Gasteiger partial charge < -0.3 is 9.15 Å². The van der Waals surface area contributed by atoms with E-state index in [0.29, 0.717) is 12.6 Å². The molecule has 16 heavy (non-hydrogen) atoms. The molecule has 0 amide bonds. The van der Waals surface area contributed by atoms with Crippen LogP contribution < -0.4 is 4.74 Å². The van der Waals surface area contributed by atoms with Crippen LogP contribution in [0.25, 0.3) is 10.8 Å². The highest BCUT2D eigenvalue weighted by molar-refractivity contribution is 7.09. The van der Waals surface area contributed by atoms with Crippen molar-refractivity contribution in [2.45, 2.75) is 6.61 Å². The van der Waals surface area contributed by atoms with E-state index in [0.717, 1.165) is 10.8 Å². The molecule has 0 saturated heterocycles. The molecule has 1 aromatic carbocycles. The zero-order valence-corrected chi connectivity index (χ0v) is 9.37. The van der Waals surface area contributed by atoms with Crippen molar-refractivity contribution in [2.75, 3.05) is 0 Å². The third-order valence-corrected chi connectivity index (χ3v) is 3.25. The first-order chi connectivity index (χ1) is 7.93. The van der Waals surface area contributed by atoms with Crippen LogP contribution in [0, 0.1) is 0 Å². The Labute approximate surface area is 97.1 Å². The lowest BCUT2D eigenvalue weighted by Crippen LogP contribution is -1.91. The van der Waals surface area contributed by atoms with Crippen molar-refractivity contribution >= 4 is 22.1 Å². The van der Waals surface area contributed by atoms with Gasteiger partial charge in [-0.15, -0.1) is 11.3 Å². The molecule has 0 spiro atoms. The van der Waals surface area contributed by atoms with Gasteiger partial charge in [-0.3, -0.25) is 0 Å². The molecule has 0 radical (unpaired) electrons. The lowest BCUT2D eigenvalue weighted by molar-refractivity contribution is 0.239. The highest BCUT2D eigenvalue weighted by atomic mass is 32.1. The summed E-state index contributed by atoms with van der Waals surface area (Å²) in [5.41, 5.74) is 0. The lowest BCUT2D eigenvalue weighted by atomic mass is 10.2. The van der Waals surface area contributed by atoms with Gasteiger partial charge in [-0.2, -0.15) is 0 Å². The summed E-state index contributed by atoms with van der Waals surface area (Å²) in [4.78, 5) is 1.19. The molecule has 0 unspecified atom stereocenters. The number of furan rings is 1. The highest BCUT2D eigenvalue weighted by Crippen LogP contribution is 2.28. The fourth-order valence-electron chi connectivity index (χ4n) is 1.61. The average molecular weight is 230 g/mol. The number of rotatable bonds is 3. The monoisotopic (exact) mass is 230 g/mol. The van der Waals surface area contributed by atoms with Gasteiger partial charge >= 0.3 is 0 Å². The summed E-state index contributed by atoms with van der Waals surface area (Å²) in [6.07, 6.45) is 1.72. The van der Waals surface area contributed by atoms with Crippen molar-refractivity contribution in [3.8, 4) is 5.95 Å². The van der Waals surface area contributed by atoms with Gasteiger partial charge in [0.15, 0.2) is 0 Å². The number of hydrogen-bond donors (Lipinski definition) is 0. The summed E-state index contributed by atoms with van der Waals surface area (Å²) in [6, 6.07) is 12.1. The lowest BCUT2D eigenvalue weighted by Gasteiger charge is -2.00. The van der Waals surface area contributed by atoms with Gasteiger partial charge in [0.05, 0.1) is 5.39 Å². The molecule has 3 heteroatoms. The topological polar surface area (TPSA) is 22.4 Å². The number of hydrogen-bond acceptors (Lipinski definition) is 3. The first-order valence-electron chi connectivity index (χ1n) is 5.05. The maximum absolute atomic E-state index is 5.65. The second-order valence-electron chi connectivity index (χ2n) is 3.48. The molecule has 0 aliphatic heterocycles. The van der Waals surface area contributed by atoms with Gasteiger partial charge in [0, 0.05) is 10.3 Å². The van der Waals surface area contributed by atoms with Crippen molar-refractivity contribution in [1.82, 2.24) is 0 Å². The summed E-state index contributed by atoms with van der Waals surface area (Å²) in [7, 11) is 0. The molecule has 0 aliphatic rings. The molecular formula is C13H10O2S. The Bertz CT molecular complexity index is 581. The molecule has 0 saturated carbocycles. The molecule has 2 heterocycles. The molecule has 0 atom stereocenters. The van der Waals surface area contributed by atoms with E-state index in [1.807, 2.05) is 35.7 Å². The van der Waals surface area contributed by atoms with Crippen LogP contribution in [-0.2, 0) is 6.61 Å². The number of benzene rings is 1. The Morgan fingerprint density at radius 1 is 1.12 bits per heavy atom. The van der Waals surface area contributed by atoms with Gasteiger partial charge in [0.25, 0.3) is 5.95 Å². The van der Waals surface area contributed by atoms with Crippen LogP contribution in [0.4, 0.5) is 0 Å². The van der Waals surface area contributed by atoms with E-state index in [1.54, 1.807) is 17.6 Å². The van der Waals surface area contributed by atoms with E-state index in [-0.39, 0.29) is 0 Å². The van der Waals surface area contributed by atoms with Gasteiger partial charge in [-0.05, 0) is 17.5 Å². The Hall–Kier alpha value is -1.74. The van der Waals surface area contributed by atoms with Crippen LogP contribution in [0.2, 0.25) is 0 Å². The number of thiophene rings is 1. The van der Waals surface area contributed by atoms with E-state index in [2.05, 4.69) is 6.07 Å². The SMILES string of the molecule is c1csc(COc2occ3ccccc23)c1. The predicted molar refractivity (Wildman–Crippen MR) is 64.9 cm³/mol. The molecule has 0 N–H and O–H groups in total. The number of ether oxygens (including phenoxy) is 1. The fourth-order valence-corrected chi connectivity index (χ4v) is 2.23. The molecule has 2 nitrogen and oxygen atoms in total. The highest BCUT2D eigenvalue weighted by Gasteiger charge is 2.06. The first-order valence-corrected chi connectivity index (χ1v) is 5.93. The molecule has 3 rings (SSSR count).